The Kier molecular flexibility index (Phi) is 1.83. The van der Waals surface area contributed by atoms with E-state index in [1.165, 1.54) is 6.07 Å². The number of nitrogens with zero attached hydrogens (tertiary/aromatic N) is 2. The molecule has 1 aromatic carbocycles. The third-order valence-corrected chi connectivity index (χ3v) is 2.97. The molecule has 0 atom stereocenters. The van der Waals surface area contributed by atoms with Crippen molar-refractivity contribution in [2.24, 2.45) is 12.2 Å². The van der Waals surface area contributed by atoms with Gasteiger partial charge in [-0.25, -0.2) is 18.5 Å². The summed E-state index contributed by atoms with van der Waals surface area (Å²) in [5.74, 6) is 0. The number of benzene rings is 1. The summed E-state index contributed by atoms with van der Waals surface area (Å²) >= 11 is 0. The van der Waals surface area contributed by atoms with Gasteiger partial charge < -0.3 is 4.57 Å². The molecule has 0 amide bonds. The Bertz CT molecular complexity index is 586. The van der Waals surface area contributed by atoms with E-state index in [4.69, 9.17) is 5.14 Å². The monoisotopic (exact) mass is 211 g/mol. The van der Waals surface area contributed by atoms with Crippen LogP contribution >= 0.6 is 0 Å². The van der Waals surface area contributed by atoms with Crippen LogP contribution in [0.3, 0.4) is 0 Å². The highest BCUT2D eigenvalue weighted by Crippen LogP contribution is 2.19. The van der Waals surface area contributed by atoms with Crippen molar-refractivity contribution in [1.82, 2.24) is 9.55 Å². The van der Waals surface area contributed by atoms with Gasteiger partial charge in [-0.15, -0.1) is 0 Å². The molecule has 0 fully saturated rings. The van der Waals surface area contributed by atoms with E-state index >= 15 is 0 Å². The van der Waals surface area contributed by atoms with Crippen LogP contribution in [0.1, 0.15) is 0 Å². The van der Waals surface area contributed by atoms with Gasteiger partial charge in [0, 0.05) is 7.05 Å². The molecule has 0 saturated carbocycles. The number of hydrogen-bond donors (Lipinski definition) is 1. The van der Waals surface area contributed by atoms with Gasteiger partial charge in [-0.3, -0.25) is 0 Å². The van der Waals surface area contributed by atoms with Crippen molar-refractivity contribution in [1.29, 1.82) is 0 Å². The van der Waals surface area contributed by atoms with E-state index in [9.17, 15) is 8.42 Å². The molecule has 14 heavy (non-hydrogen) atoms. The number of aromatic nitrogens is 2. The zero-order chi connectivity index (χ0) is 10.3. The van der Waals surface area contributed by atoms with Gasteiger partial charge >= 0.3 is 0 Å². The van der Waals surface area contributed by atoms with Crippen LogP contribution in [0.15, 0.2) is 29.4 Å². The molecule has 0 aliphatic rings. The number of fused-ring (bicyclic) bond motifs is 1. The Hall–Kier alpha value is -1.40. The van der Waals surface area contributed by atoms with E-state index < -0.39 is 10.0 Å². The number of hydrogen-bond acceptors (Lipinski definition) is 3. The summed E-state index contributed by atoms with van der Waals surface area (Å²) in [6.07, 6.45) is 1.55. The Morgan fingerprint density at radius 3 is 2.79 bits per heavy atom. The van der Waals surface area contributed by atoms with Crippen molar-refractivity contribution in [3.05, 3.63) is 24.5 Å². The van der Waals surface area contributed by atoms with E-state index in [-0.39, 0.29) is 4.90 Å². The molecule has 0 bridgehead atoms. The van der Waals surface area contributed by atoms with Gasteiger partial charge in [0.2, 0.25) is 10.0 Å². The molecule has 0 saturated heterocycles. The lowest BCUT2D eigenvalue weighted by Gasteiger charge is -1.99. The molecule has 0 aliphatic heterocycles. The molecule has 0 radical (unpaired) electrons. The maximum absolute atomic E-state index is 11.2. The fraction of sp³-hybridized carbons (Fsp3) is 0.125. The summed E-state index contributed by atoms with van der Waals surface area (Å²) < 4.78 is 24.1. The SMILES string of the molecule is Cn1cnc2c(S(N)(=O)=O)cccc21. The normalized spacial score (nSPS) is 12.1. The second-order valence-electron chi connectivity index (χ2n) is 3.02. The molecule has 74 valence electrons. The van der Waals surface area contributed by atoms with Crippen LogP contribution in [0.4, 0.5) is 0 Å². The third-order valence-electron chi connectivity index (χ3n) is 2.02. The number of nitrogens with two attached hydrogens (primary N) is 1. The summed E-state index contributed by atoms with van der Waals surface area (Å²) in [6.45, 7) is 0. The fourth-order valence-electron chi connectivity index (χ4n) is 1.36. The summed E-state index contributed by atoms with van der Waals surface area (Å²) in [4.78, 5) is 4.05. The standard InChI is InChI=1S/C8H9N3O2S/c1-11-5-10-8-6(11)3-2-4-7(8)14(9,12)13/h2-5H,1H3,(H2,9,12,13). The van der Waals surface area contributed by atoms with E-state index in [2.05, 4.69) is 4.98 Å². The Balaban J connectivity index is 2.92. The quantitative estimate of drug-likeness (QED) is 0.733. The van der Waals surface area contributed by atoms with Gasteiger partial charge in [-0.05, 0) is 12.1 Å². The van der Waals surface area contributed by atoms with Crippen LogP contribution in [0.25, 0.3) is 11.0 Å². The minimum Gasteiger partial charge on any atom is -0.334 e. The molecule has 0 aliphatic carbocycles. The van der Waals surface area contributed by atoms with Gasteiger partial charge in [-0.2, -0.15) is 0 Å². The van der Waals surface area contributed by atoms with E-state index in [0.29, 0.717) is 5.52 Å². The zero-order valence-corrected chi connectivity index (χ0v) is 8.32. The van der Waals surface area contributed by atoms with Crippen molar-refractivity contribution < 1.29 is 8.42 Å². The molecule has 2 aromatic rings. The Morgan fingerprint density at radius 2 is 2.14 bits per heavy atom. The van der Waals surface area contributed by atoms with Crippen LogP contribution in [0, 0.1) is 0 Å². The van der Waals surface area contributed by atoms with Gasteiger partial charge in [0.05, 0.1) is 11.8 Å². The highest BCUT2D eigenvalue weighted by molar-refractivity contribution is 7.89. The zero-order valence-electron chi connectivity index (χ0n) is 7.51. The number of rotatable bonds is 1. The lowest BCUT2D eigenvalue weighted by Crippen LogP contribution is -2.12. The minimum absolute atomic E-state index is 0.0654. The van der Waals surface area contributed by atoms with Crippen LogP contribution in [-0.4, -0.2) is 18.0 Å². The van der Waals surface area contributed by atoms with E-state index in [1.54, 1.807) is 30.1 Å². The number of aryl methyl sites for hydroxylation is 1. The molecule has 2 rings (SSSR count). The maximum Gasteiger partial charge on any atom is 0.240 e. The smallest absolute Gasteiger partial charge is 0.240 e. The molecule has 1 heterocycles. The van der Waals surface area contributed by atoms with Crippen molar-refractivity contribution in [3.63, 3.8) is 0 Å². The van der Waals surface area contributed by atoms with Crippen LogP contribution < -0.4 is 5.14 Å². The Morgan fingerprint density at radius 1 is 1.43 bits per heavy atom. The lowest BCUT2D eigenvalue weighted by molar-refractivity contribution is 0.598. The molecule has 1 aromatic heterocycles. The molecule has 0 unspecified atom stereocenters. The average molecular weight is 211 g/mol. The van der Waals surface area contributed by atoms with Crippen molar-refractivity contribution in [3.8, 4) is 0 Å². The summed E-state index contributed by atoms with van der Waals surface area (Å²) in [7, 11) is -1.90. The van der Waals surface area contributed by atoms with Gasteiger partial charge in [-0.1, -0.05) is 6.07 Å². The summed E-state index contributed by atoms with van der Waals surface area (Å²) in [5, 5.41) is 5.06. The first kappa shape index (κ1) is 9.17. The molecule has 6 heteroatoms. The highest BCUT2D eigenvalue weighted by atomic mass is 32.2. The van der Waals surface area contributed by atoms with Crippen LogP contribution in [0.2, 0.25) is 0 Å². The topological polar surface area (TPSA) is 78.0 Å². The van der Waals surface area contributed by atoms with Gasteiger partial charge in [0.15, 0.2) is 0 Å². The number of primary sulfonamides is 1. The predicted molar refractivity (Wildman–Crippen MR) is 52.1 cm³/mol. The molecule has 2 N–H and O–H groups in total. The number of sulfonamides is 1. The Labute approximate surface area is 81.2 Å². The van der Waals surface area contributed by atoms with Gasteiger partial charge in [0.25, 0.3) is 0 Å². The molecular formula is C8H9N3O2S. The van der Waals surface area contributed by atoms with Gasteiger partial charge in [0.1, 0.15) is 10.4 Å². The summed E-state index contributed by atoms with van der Waals surface area (Å²) in [5.41, 5.74) is 1.16. The third kappa shape index (κ3) is 1.28. The van der Waals surface area contributed by atoms with E-state index in [0.717, 1.165) is 5.52 Å². The average Bonchev–Trinajstić information content (AvgIpc) is 2.46. The first-order valence-corrected chi connectivity index (χ1v) is 5.47. The molecule has 0 spiro atoms. The molecular weight excluding hydrogens is 202 g/mol. The molecule has 5 nitrogen and oxygen atoms in total. The first-order valence-electron chi connectivity index (χ1n) is 3.93. The number of imidazole rings is 1. The van der Waals surface area contributed by atoms with Crippen molar-refractivity contribution in [2.45, 2.75) is 4.90 Å². The fourth-order valence-corrected chi connectivity index (χ4v) is 2.06. The highest BCUT2D eigenvalue weighted by Gasteiger charge is 2.14. The predicted octanol–water partition coefficient (Wildman–Crippen LogP) is 0.221. The van der Waals surface area contributed by atoms with Crippen LogP contribution in [-0.2, 0) is 17.1 Å². The number of para-hydroxylation sites is 1. The first-order chi connectivity index (χ1) is 6.50. The van der Waals surface area contributed by atoms with E-state index in [1.807, 2.05) is 0 Å². The maximum atomic E-state index is 11.2. The van der Waals surface area contributed by atoms with Crippen molar-refractivity contribution in [2.75, 3.05) is 0 Å². The second kappa shape index (κ2) is 2.79. The van der Waals surface area contributed by atoms with Crippen LogP contribution in [0.5, 0.6) is 0 Å². The largest absolute Gasteiger partial charge is 0.334 e. The lowest BCUT2D eigenvalue weighted by atomic mass is 10.3. The van der Waals surface area contributed by atoms with Crippen molar-refractivity contribution >= 4 is 21.1 Å². The minimum atomic E-state index is -3.69. The summed E-state index contributed by atoms with van der Waals surface area (Å²) in [6, 6.07) is 4.88. The second-order valence-corrected chi connectivity index (χ2v) is 4.55.